The van der Waals surface area contributed by atoms with Crippen LogP contribution in [-0.2, 0) is 20.2 Å². The van der Waals surface area contributed by atoms with E-state index in [4.69, 9.17) is 4.74 Å². The molecule has 0 saturated heterocycles. The van der Waals surface area contributed by atoms with Gasteiger partial charge in [0.1, 0.15) is 0 Å². The molecule has 1 aromatic rings. The normalized spacial score (nSPS) is 14.2. The predicted molar refractivity (Wildman–Crippen MR) is 86.3 cm³/mol. The Morgan fingerprint density at radius 1 is 1.19 bits per heavy atom. The Morgan fingerprint density at radius 3 is 2.05 bits per heavy atom. The molecule has 0 aliphatic carbocycles. The average molecular weight is 313 g/mol. The molecule has 0 aromatic heterocycles. The van der Waals surface area contributed by atoms with Gasteiger partial charge in [0.2, 0.25) is 10.0 Å². The highest BCUT2D eigenvalue weighted by atomic mass is 32.2. The smallest absolute Gasteiger partial charge is 0.241 e. The van der Waals surface area contributed by atoms with E-state index in [1.165, 1.54) is 0 Å². The highest BCUT2D eigenvalue weighted by molar-refractivity contribution is 7.89. The molecule has 120 valence electrons. The summed E-state index contributed by atoms with van der Waals surface area (Å²) in [5.41, 5.74) is 2.68. The largest absolute Gasteiger partial charge is 0.383 e. The number of hydrogen-bond donors (Lipinski definition) is 1. The lowest BCUT2D eigenvalue weighted by Gasteiger charge is -2.23. The Hall–Kier alpha value is -0.910. The molecule has 0 radical (unpaired) electrons. The number of rotatable bonds is 5. The Bertz CT molecular complexity index is 577. The summed E-state index contributed by atoms with van der Waals surface area (Å²) in [6, 6.07) is 3.66. The van der Waals surface area contributed by atoms with E-state index < -0.39 is 10.0 Å². The van der Waals surface area contributed by atoms with Gasteiger partial charge in [-0.25, -0.2) is 13.1 Å². The van der Waals surface area contributed by atoms with E-state index >= 15 is 0 Å². The summed E-state index contributed by atoms with van der Waals surface area (Å²) >= 11 is 0. The second-order valence-electron chi connectivity index (χ2n) is 6.67. The van der Waals surface area contributed by atoms with Crippen LogP contribution in [0.1, 0.15) is 44.4 Å². The van der Waals surface area contributed by atoms with E-state index in [9.17, 15) is 8.42 Å². The van der Waals surface area contributed by atoms with Crippen LogP contribution < -0.4 is 4.72 Å². The van der Waals surface area contributed by atoms with Crippen LogP contribution >= 0.6 is 0 Å². The molecule has 4 nitrogen and oxygen atoms in total. The van der Waals surface area contributed by atoms with Crippen molar-refractivity contribution in [3.05, 3.63) is 28.8 Å². The number of ether oxygens (including phenoxy) is 1. The van der Waals surface area contributed by atoms with Gasteiger partial charge in [-0.2, -0.15) is 0 Å². The first-order chi connectivity index (χ1) is 9.49. The van der Waals surface area contributed by atoms with Crippen molar-refractivity contribution in [3.63, 3.8) is 0 Å². The fraction of sp³-hybridized carbons (Fsp3) is 0.625. The van der Waals surface area contributed by atoms with E-state index in [2.05, 4.69) is 25.5 Å². The van der Waals surface area contributed by atoms with Gasteiger partial charge >= 0.3 is 0 Å². The fourth-order valence-corrected chi connectivity index (χ4v) is 4.10. The number of benzene rings is 1. The Morgan fingerprint density at radius 2 is 1.67 bits per heavy atom. The van der Waals surface area contributed by atoms with Gasteiger partial charge in [0.15, 0.2) is 0 Å². The zero-order chi connectivity index (χ0) is 16.4. The highest BCUT2D eigenvalue weighted by Crippen LogP contribution is 2.29. The van der Waals surface area contributed by atoms with Crippen LogP contribution in [0, 0.1) is 13.8 Å². The maximum atomic E-state index is 12.6. The van der Waals surface area contributed by atoms with Gasteiger partial charge in [0.25, 0.3) is 0 Å². The molecule has 1 atom stereocenters. The van der Waals surface area contributed by atoms with Gasteiger partial charge in [-0.15, -0.1) is 0 Å². The molecule has 5 heteroatoms. The van der Waals surface area contributed by atoms with E-state index in [0.717, 1.165) is 16.7 Å². The van der Waals surface area contributed by atoms with Crippen molar-refractivity contribution in [2.45, 2.75) is 57.9 Å². The lowest BCUT2D eigenvalue weighted by atomic mass is 9.85. The van der Waals surface area contributed by atoms with Crippen molar-refractivity contribution < 1.29 is 13.2 Å². The predicted octanol–water partition coefficient (Wildman–Crippen LogP) is 2.91. The lowest BCUT2D eigenvalue weighted by Crippen LogP contribution is -2.36. The first-order valence-electron chi connectivity index (χ1n) is 7.12. The molecule has 0 spiro atoms. The SMILES string of the molecule is COCC(C)NS(=O)(=O)c1c(C)cc(C(C)(C)C)cc1C. The molecule has 1 aromatic carbocycles. The minimum Gasteiger partial charge on any atom is -0.383 e. The molecule has 0 aliphatic rings. The molecule has 1 unspecified atom stereocenters. The van der Waals surface area contributed by atoms with Gasteiger partial charge < -0.3 is 4.74 Å². The molecule has 1 rings (SSSR count). The monoisotopic (exact) mass is 313 g/mol. The summed E-state index contributed by atoms with van der Waals surface area (Å²) in [6.07, 6.45) is 0. The summed E-state index contributed by atoms with van der Waals surface area (Å²) < 4.78 is 32.8. The Kier molecular flexibility index (Phi) is 5.58. The first kappa shape index (κ1) is 18.1. The summed E-state index contributed by atoms with van der Waals surface area (Å²) in [5, 5.41) is 0. The van der Waals surface area contributed by atoms with Crippen LogP contribution in [0.2, 0.25) is 0 Å². The highest BCUT2D eigenvalue weighted by Gasteiger charge is 2.24. The molecule has 0 heterocycles. The number of nitrogens with one attached hydrogen (secondary N) is 1. The average Bonchev–Trinajstić information content (AvgIpc) is 2.25. The molecular weight excluding hydrogens is 286 g/mol. The molecule has 21 heavy (non-hydrogen) atoms. The van der Waals surface area contributed by atoms with Gasteiger partial charge in [-0.1, -0.05) is 32.9 Å². The number of sulfonamides is 1. The third-order valence-electron chi connectivity index (χ3n) is 3.37. The van der Waals surface area contributed by atoms with E-state index in [1.54, 1.807) is 14.0 Å². The van der Waals surface area contributed by atoms with Crippen LogP contribution in [0.5, 0.6) is 0 Å². The summed E-state index contributed by atoms with van der Waals surface area (Å²) in [4.78, 5) is 0.374. The topological polar surface area (TPSA) is 55.4 Å². The van der Waals surface area contributed by atoms with Gasteiger partial charge in [-0.05, 0) is 42.9 Å². The summed E-state index contributed by atoms with van der Waals surface area (Å²) in [7, 11) is -1.98. The maximum Gasteiger partial charge on any atom is 0.241 e. The van der Waals surface area contributed by atoms with Gasteiger partial charge in [0, 0.05) is 13.2 Å². The second kappa shape index (κ2) is 6.46. The van der Waals surface area contributed by atoms with Crippen LogP contribution in [-0.4, -0.2) is 28.2 Å². The lowest BCUT2D eigenvalue weighted by molar-refractivity contribution is 0.180. The van der Waals surface area contributed by atoms with Crippen molar-refractivity contribution in [1.29, 1.82) is 0 Å². The number of methoxy groups -OCH3 is 1. The Balaban J connectivity index is 3.26. The third-order valence-corrected chi connectivity index (χ3v) is 5.26. The Labute approximate surface area is 129 Å². The maximum absolute atomic E-state index is 12.6. The van der Waals surface area contributed by atoms with Crippen LogP contribution in [0.3, 0.4) is 0 Å². The standard InChI is InChI=1S/C16H27NO3S/c1-11-8-14(16(4,5)6)9-12(2)15(11)21(18,19)17-13(3)10-20-7/h8-9,13,17H,10H2,1-7H3. The zero-order valence-electron chi connectivity index (χ0n) is 14.1. The van der Waals surface area contributed by atoms with Crippen molar-refractivity contribution in [2.75, 3.05) is 13.7 Å². The molecular formula is C16H27NO3S. The molecule has 0 fully saturated rings. The molecule has 0 bridgehead atoms. The first-order valence-corrected chi connectivity index (χ1v) is 8.60. The second-order valence-corrected chi connectivity index (χ2v) is 8.32. The summed E-state index contributed by atoms with van der Waals surface area (Å²) in [6.45, 7) is 12.2. The van der Waals surface area contributed by atoms with Crippen LogP contribution in [0.15, 0.2) is 17.0 Å². The van der Waals surface area contributed by atoms with Crippen LogP contribution in [0.25, 0.3) is 0 Å². The van der Waals surface area contributed by atoms with Gasteiger partial charge in [-0.3, -0.25) is 0 Å². The van der Waals surface area contributed by atoms with Crippen molar-refractivity contribution >= 4 is 10.0 Å². The zero-order valence-corrected chi connectivity index (χ0v) is 14.9. The van der Waals surface area contributed by atoms with Crippen LogP contribution in [0.4, 0.5) is 0 Å². The summed E-state index contributed by atoms with van der Waals surface area (Å²) in [5.74, 6) is 0. The van der Waals surface area contributed by atoms with Crippen molar-refractivity contribution in [2.24, 2.45) is 0 Å². The fourth-order valence-electron chi connectivity index (χ4n) is 2.41. The number of hydrogen-bond acceptors (Lipinski definition) is 3. The van der Waals surface area contributed by atoms with E-state index in [0.29, 0.717) is 11.5 Å². The number of aryl methyl sites for hydroxylation is 2. The third kappa shape index (κ3) is 4.53. The molecule has 0 aliphatic heterocycles. The molecule has 1 N–H and O–H groups in total. The minimum absolute atomic E-state index is 0.00537. The van der Waals surface area contributed by atoms with Crippen molar-refractivity contribution in [1.82, 2.24) is 4.72 Å². The van der Waals surface area contributed by atoms with Crippen molar-refractivity contribution in [3.8, 4) is 0 Å². The molecule has 0 saturated carbocycles. The van der Waals surface area contributed by atoms with E-state index in [1.807, 2.05) is 26.0 Å². The van der Waals surface area contributed by atoms with E-state index in [-0.39, 0.29) is 11.5 Å². The molecule has 0 amide bonds. The van der Waals surface area contributed by atoms with Gasteiger partial charge in [0.05, 0.1) is 11.5 Å². The quantitative estimate of drug-likeness (QED) is 0.909. The minimum atomic E-state index is -3.54.